The molecule has 2 aromatic rings. The lowest BCUT2D eigenvalue weighted by atomic mass is 10.3. The van der Waals surface area contributed by atoms with Gasteiger partial charge in [0.25, 0.3) is 0 Å². The number of hydrogen-bond donors (Lipinski definition) is 1. The van der Waals surface area contributed by atoms with Gasteiger partial charge in [0, 0.05) is 12.4 Å². The third-order valence-corrected chi connectivity index (χ3v) is 1.85. The number of rotatable bonds is 1. The van der Waals surface area contributed by atoms with Crippen molar-refractivity contribution in [1.29, 1.82) is 0 Å². The normalized spacial score (nSPS) is 10.2. The Kier molecular flexibility index (Phi) is 1.73. The van der Waals surface area contributed by atoms with Gasteiger partial charge in [-0.1, -0.05) is 0 Å². The number of aryl methyl sites for hydroxylation is 1. The minimum Gasteiger partial charge on any atom is -0.397 e. The first-order valence-electron chi connectivity index (χ1n) is 4.00. The summed E-state index contributed by atoms with van der Waals surface area (Å²) in [5.41, 5.74) is 7.18. The molecule has 0 aliphatic rings. The molecule has 0 amide bonds. The van der Waals surface area contributed by atoms with Gasteiger partial charge in [-0.3, -0.25) is 0 Å². The lowest BCUT2D eigenvalue weighted by Gasteiger charge is -2.03. The number of nitrogens with two attached hydrogens (primary N) is 1. The lowest BCUT2D eigenvalue weighted by molar-refractivity contribution is 0.841. The largest absolute Gasteiger partial charge is 0.397 e. The predicted octanol–water partition coefficient (Wildman–Crippen LogP) is 1.16. The molecule has 66 valence electrons. The second-order valence-corrected chi connectivity index (χ2v) is 2.79. The minimum atomic E-state index is 0.705. The molecule has 0 saturated carbocycles. The summed E-state index contributed by atoms with van der Waals surface area (Å²) in [5, 5.41) is 4.07. The van der Waals surface area contributed by atoms with Crippen LogP contribution in [0.15, 0.2) is 30.6 Å². The van der Waals surface area contributed by atoms with Crippen molar-refractivity contribution in [2.24, 2.45) is 0 Å². The maximum Gasteiger partial charge on any atom is 0.153 e. The van der Waals surface area contributed by atoms with E-state index in [1.807, 2.05) is 31.3 Å². The van der Waals surface area contributed by atoms with Crippen LogP contribution in [0, 0.1) is 6.92 Å². The Balaban J connectivity index is 2.49. The smallest absolute Gasteiger partial charge is 0.153 e. The highest BCUT2D eigenvalue weighted by Gasteiger charge is 1.99. The Hall–Kier alpha value is -1.84. The highest BCUT2D eigenvalue weighted by Crippen LogP contribution is 2.10. The van der Waals surface area contributed by atoms with Crippen molar-refractivity contribution in [2.45, 2.75) is 6.92 Å². The Labute approximate surface area is 76.0 Å². The van der Waals surface area contributed by atoms with Crippen LogP contribution in [0.3, 0.4) is 0 Å². The van der Waals surface area contributed by atoms with Crippen LogP contribution in [0.5, 0.6) is 0 Å². The minimum absolute atomic E-state index is 0.705. The Morgan fingerprint density at radius 3 is 2.85 bits per heavy atom. The summed E-state index contributed by atoms with van der Waals surface area (Å²) in [7, 11) is 0. The summed E-state index contributed by atoms with van der Waals surface area (Å²) >= 11 is 0. The molecule has 4 nitrogen and oxygen atoms in total. The van der Waals surface area contributed by atoms with Crippen molar-refractivity contribution < 1.29 is 0 Å². The zero-order chi connectivity index (χ0) is 9.26. The first-order chi connectivity index (χ1) is 6.27. The van der Waals surface area contributed by atoms with Crippen LogP contribution in [-0.4, -0.2) is 14.8 Å². The third kappa shape index (κ3) is 1.38. The molecule has 0 aliphatic carbocycles. The van der Waals surface area contributed by atoms with Crippen LogP contribution in [-0.2, 0) is 0 Å². The second kappa shape index (κ2) is 2.90. The van der Waals surface area contributed by atoms with Gasteiger partial charge in [0.2, 0.25) is 0 Å². The van der Waals surface area contributed by atoms with E-state index in [-0.39, 0.29) is 0 Å². The molecule has 0 saturated heterocycles. The molecular weight excluding hydrogens is 164 g/mol. The zero-order valence-corrected chi connectivity index (χ0v) is 7.31. The standard InChI is InChI=1S/C9H10N4/c1-7-8(10)3-4-9(12-7)13-6-2-5-11-13/h2-6H,10H2,1H3. The summed E-state index contributed by atoms with van der Waals surface area (Å²) in [6.07, 6.45) is 3.56. The van der Waals surface area contributed by atoms with Crippen LogP contribution in [0.1, 0.15) is 5.69 Å². The van der Waals surface area contributed by atoms with Crippen molar-refractivity contribution in [3.05, 3.63) is 36.3 Å². The van der Waals surface area contributed by atoms with E-state index in [9.17, 15) is 0 Å². The summed E-state index contributed by atoms with van der Waals surface area (Å²) in [5.74, 6) is 0.789. The molecular formula is C9H10N4. The molecule has 0 atom stereocenters. The first-order valence-corrected chi connectivity index (χ1v) is 4.00. The summed E-state index contributed by atoms with van der Waals surface area (Å²) < 4.78 is 1.70. The quantitative estimate of drug-likeness (QED) is 0.705. The number of nitrogen functional groups attached to an aromatic ring is 1. The van der Waals surface area contributed by atoms with Crippen LogP contribution in [0.4, 0.5) is 5.69 Å². The number of pyridine rings is 1. The fraction of sp³-hybridized carbons (Fsp3) is 0.111. The average Bonchev–Trinajstić information content (AvgIpc) is 2.62. The van der Waals surface area contributed by atoms with E-state index in [4.69, 9.17) is 5.73 Å². The van der Waals surface area contributed by atoms with Gasteiger partial charge in [0.1, 0.15) is 0 Å². The molecule has 0 fully saturated rings. The van der Waals surface area contributed by atoms with E-state index in [1.54, 1.807) is 10.9 Å². The van der Waals surface area contributed by atoms with Crippen molar-refractivity contribution in [1.82, 2.24) is 14.8 Å². The van der Waals surface area contributed by atoms with Crippen molar-refractivity contribution >= 4 is 5.69 Å². The van der Waals surface area contributed by atoms with Gasteiger partial charge in [0.15, 0.2) is 5.82 Å². The monoisotopic (exact) mass is 174 g/mol. The lowest BCUT2D eigenvalue weighted by Crippen LogP contribution is -2.01. The molecule has 0 bridgehead atoms. The summed E-state index contributed by atoms with van der Waals surface area (Å²) in [6, 6.07) is 5.53. The van der Waals surface area contributed by atoms with E-state index in [0.29, 0.717) is 5.69 Å². The number of hydrogen-bond acceptors (Lipinski definition) is 3. The second-order valence-electron chi connectivity index (χ2n) is 2.79. The maximum absolute atomic E-state index is 5.65. The van der Waals surface area contributed by atoms with E-state index in [2.05, 4.69) is 10.1 Å². The zero-order valence-electron chi connectivity index (χ0n) is 7.31. The molecule has 13 heavy (non-hydrogen) atoms. The van der Waals surface area contributed by atoms with Crippen molar-refractivity contribution in [3.63, 3.8) is 0 Å². The number of aromatic nitrogens is 3. The van der Waals surface area contributed by atoms with Crippen LogP contribution in [0.25, 0.3) is 5.82 Å². The summed E-state index contributed by atoms with van der Waals surface area (Å²) in [6.45, 7) is 1.88. The molecule has 0 radical (unpaired) electrons. The van der Waals surface area contributed by atoms with Gasteiger partial charge in [-0.2, -0.15) is 5.10 Å². The Bertz CT molecular complexity index is 406. The molecule has 2 heterocycles. The van der Waals surface area contributed by atoms with Gasteiger partial charge in [0.05, 0.1) is 11.4 Å². The average molecular weight is 174 g/mol. The van der Waals surface area contributed by atoms with E-state index >= 15 is 0 Å². The Morgan fingerprint density at radius 2 is 2.23 bits per heavy atom. The van der Waals surface area contributed by atoms with E-state index < -0.39 is 0 Å². The molecule has 4 heteroatoms. The molecule has 0 aromatic carbocycles. The first kappa shape index (κ1) is 7.79. The predicted molar refractivity (Wildman–Crippen MR) is 50.5 cm³/mol. The number of anilines is 1. The highest BCUT2D eigenvalue weighted by atomic mass is 15.3. The highest BCUT2D eigenvalue weighted by molar-refractivity contribution is 5.45. The van der Waals surface area contributed by atoms with E-state index in [1.165, 1.54) is 0 Å². The maximum atomic E-state index is 5.65. The van der Waals surface area contributed by atoms with Gasteiger partial charge in [-0.05, 0) is 25.1 Å². The van der Waals surface area contributed by atoms with Crippen LogP contribution in [0.2, 0.25) is 0 Å². The summed E-state index contributed by atoms with van der Waals surface area (Å²) in [4.78, 5) is 4.29. The molecule has 0 aliphatic heterocycles. The fourth-order valence-corrected chi connectivity index (χ4v) is 1.09. The van der Waals surface area contributed by atoms with Gasteiger partial charge < -0.3 is 5.73 Å². The SMILES string of the molecule is Cc1nc(-n2cccn2)ccc1N. The van der Waals surface area contributed by atoms with E-state index in [0.717, 1.165) is 11.5 Å². The van der Waals surface area contributed by atoms with Gasteiger partial charge >= 0.3 is 0 Å². The van der Waals surface area contributed by atoms with Crippen molar-refractivity contribution in [2.75, 3.05) is 5.73 Å². The molecule has 0 spiro atoms. The molecule has 2 aromatic heterocycles. The van der Waals surface area contributed by atoms with Crippen molar-refractivity contribution in [3.8, 4) is 5.82 Å². The van der Waals surface area contributed by atoms with Crippen LogP contribution < -0.4 is 5.73 Å². The van der Waals surface area contributed by atoms with Crippen LogP contribution >= 0.6 is 0 Å². The number of nitrogens with zero attached hydrogens (tertiary/aromatic N) is 3. The Morgan fingerprint density at radius 1 is 1.38 bits per heavy atom. The van der Waals surface area contributed by atoms with Gasteiger partial charge in [-0.15, -0.1) is 0 Å². The van der Waals surface area contributed by atoms with Gasteiger partial charge in [-0.25, -0.2) is 9.67 Å². The molecule has 2 rings (SSSR count). The topological polar surface area (TPSA) is 56.7 Å². The third-order valence-electron chi connectivity index (χ3n) is 1.85. The molecule has 2 N–H and O–H groups in total. The fourth-order valence-electron chi connectivity index (χ4n) is 1.09. The molecule has 0 unspecified atom stereocenters.